The fourth-order valence-corrected chi connectivity index (χ4v) is 2.17. The molecule has 0 aliphatic carbocycles. The highest BCUT2D eigenvalue weighted by molar-refractivity contribution is 9.10. The molecule has 1 amide bonds. The molecule has 0 aliphatic rings. The third-order valence-electron chi connectivity index (χ3n) is 2.72. The zero-order chi connectivity index (χ0) is 13.8. The Morgan fingerprint density at radius 2 is 2.05 bits per heavy atom. The number of hydrogen-bond acceptors (Lipinski definition) is 1. The lowest BCUT2D eigenvalue weighted by Crippen LogP contribution is -2.22. The van der Waals surface area contributed by atoms with Crippen molar-refractivity contribution in [1.29, 1.82) is 0 Å². The van der Waals surface area contributed by atoms with E-state index in [2.05, 4.69) is 27.3 Å². The van der Waals surface area contributed by atoms with E-state index >= 15 is 0 Å². The topological polar surface area (TPSA) is 29.1 Å². The summed E-state index contributed by atoms with van der Waals surface area (Å²) in [5.41, 5.74) is 2.82. The Labute approximate surface area is 125 Å². The summed E-state index contributed by atoms with van der Waals surface area (Å²) < 4.78 is 0.782. The van der Waals surface area contributed by atoms with Crippen molar-refractivity contribution in [2.45, 2.75) is 13.5 Å². The van der Waals surface area contributed by atoms with Gasteiger partial charge in [-0.25, -0.2) is 0 Å². The maximum Gasteiger partial charge on any atom is 0.251 e. The molecule has 0 atom stereocenters. The molecular weight excluding hydrogens is 326 g/mol. The van der Waals surface area contributed by atoms with Gasteiger partial charge in [0.25, 0.3) is 5.91 Å². The number of hydrogen-bond donors (Lipinski definition) is 1. The largest absolute Gasteiger partial charge is 0.348 e. The van der Waals surface area contributed by atoms with Crippen LogP contribution in [0.1, 0.15) is 21.5 Å². The molecule has 0 fully saturated rings. The minimum Gasteiger partial charge on any atom is -0.348 e. The van der Waals surface area contributed by atoms with E-state index in [0.29, 0.717) is 17.1 Å². The summed E-state index contributed by atoms with van der Waals surface area (Å²) in [5.74, 6) is -0.129. The Kier molecular flexibility index (Phi) is 4.61. The van der Waals surface area contributed by atoms with Crippen molar-refractivity contribution in [3.05, 3.63) is 68.7 Å². The average Bonchev–Trinajstić information content (AvgIpc) is 2.39. The molecule has 1 N–H and O–H groups in total. The molecule has 2 aromatic carbocycles. The molecule has 0 saturated carbocycles. The molecule has 0 aliphatic heterocycles. The van der Waals surface area contributed by atoms with Crippen LogP contribution in [-0.2, 0) is 6.54 Å². The predicted molar refractivity (Wildman–Crippen MR) is 81.5 cm³/mol. The smallest absolute Gasteiger partial charge is 0.251 e. The van der Waals surface area contributed by atoms with E-state index in [1.54, 1.807) is 18.2 Å². The second kappa shape index (κ2) is 6.22. The second-order valence-corrected chi connectivity index (χ2v) is 5.56. The van der Waals surface area contributed by atoms with Crippen LogP contribution in [0.5, 0.6) is 0 Å². The van der Waals surface area contributed by atoms with Gasteiger partial charge in [-0.3, -0.25) is 4.79 Å². The van der Waals surface area contributed by atoms with E-state index in [1.807, 2.05) is 25.1 Å². The molecule has 0 heterocycles. The van der Waals surface area contributed by atoms with Crippen molar-refractivity contribution in [2.24, 2.45) is 0 Å². The van der Waals surface area contributed by atoms with Crippen LogP contribution in [0.4, 0.5) is 0 Å². The van der Waals surface area contributed by atoms with Gasteiger partial charge in [0.1, 0.15) is 0 Å². The molecular formula is C15H13BrClNO. The lowest BCUT2D eigenvalue weighted by Gasteiger charge is -2.07. The van der Waals surface area contributed by atoms with Gasteiger partial charge in [0.2, 0.25) is 0 Å². The standard InChI is InChI=1S/C15H13BrClNO/c1-10-3-2-4-11(7-10)9-18-15(19)12-5-6-13(16)14(17)8-12/h2-8H,9H2,1H3,(H,18,19). The number of carbonyl (C=O) groups is 1. The van der Waals surface area contributed by atoms with Crippen molar-refractivity contribution in [3.63, 3.8) is 0 Å². The number of amides is 1. The highest BCUT2D eigenvalue weighted by Crippen LogP contribution is 2.23. The SMILES string of the molecule is Cc1cccc(CNC(=O)c2ccc(Br)c(Cl)c2)c1. The summed E-state index contributed by atoms with van der Waals surface area (Å²) in [6.07, 6.45) is 0. The molecule has 0 bridgehead atoms. The van der Waals surface area contributed by atoms with Crippen molar-refractivity contribution >= 4 is 33.4 Å². The van der Waals surface area contributed by atoms with Crippen LogP contribution in [0.15, 0.2) is 46.9 Å². The van der Waals surface area contributed by atoms with Gasteiger partial charge in [-0.15, -0.1) is 0 Å². The van der Waals surface area contributed by atoms with Crippen LogP contribution < -0.4 is 5.32 Å². The highest BCUT2D eigenvalue weighted by Gasteiger charge is 2.07. The molecule has 2 nitrogen and oxygen atoms in total. The number of nitrogens with one attached hydrogen (secondary N) is 1. The zero-order valence-electron chi connectivity index (χ0n) is 10.4. The van der Waals surface area contributed by atoms with Crippen molar-refractivity contribution in [2.75, 3.05) is 0 Å². The van der Waals surface area contributed by atoms with E-state index in [0.717, 1.165) is 10.0 Å². The van der Waals surface area contributed by atoms with Gasteiger partial charge in [-0.05, 0) is 46.6 Å². The van der Waals surface area contributed by atoms with Crippen molar-refractivity contribution in [3.8, 4) is 0 Å². The Morgan fingerprint density at radius 1 is 1.26 bits per heavy atom. The summed E-state index contributed by atoms with van der Waals surface area (Å²) in [5, 5.41) is 3.41. The number of halogens is 2. The maximum atomic E-state index is 12.0. The Bertz CT molecular complexity index is 613. The quantitative estimate of drug-likeness (QED) is 0.886. The number of carbonyl (C=O) groups excluding carboxylic acids is 1. The first-order valence-corrected chi connectivity index (χ1v) is 7.02. The van der Waals surface area contributed by atoms with E-state index < -0.39 is 0 Å². The minimum atomic E-state index is -0.129. The number of aryl methyl sites for hydroxylation is 1. The summed E-state index contributed by atoms with van der Waals surface area (Å²) in [6, 6.07) is 13.2. The first-order valence-electron chi connectivity index (χ1n) is 5.85. The summed E-state index contributed by atoms with van der Waals surface area (Å²) >= 11 is 9.27. The van der Waals surface area contributed by atoms with Crippen molar-refractivity contribution < 1.29 is 4.79 Å². The highest BCUT2D eigenvalue weighted by atomic mass is 79.9. The summed E-state index contributed by atoms with van der Waals surface area (Å²) in [7, 11) is 0. The predicted octanol–water partition coefficient (Wildman–Crippen LogP) is 4.34. The van der Waals surface area contributed by atoms with Gasteiger partial charge in [0.15, 0.2) is 0 Å². The molecule has 0 spiro atoms. The van der Waals surface area contributed by atoms with E-state index in [4.69, 9.17) is 11.6 Å². The van der Waals surface area contributed by atoms with Gasteiger partial charge in [-0.1, -0.05) is 41.4 Å². The fraction of sp³-hybridized carbons (Fsp3) is 0.133. The van der Waals surface area contributed by atoms with Crippen LogP contribution in [0.2, 0.25) is 5.02 Å². The number of rotatable bonds is 3. The van der Waals surface area contributed by atoms with Gasteiger partial charge in [0, 0.05) is 16.6 Å². The molecule has 2 rings (SSSR count). The molecule has 0 aromatic heterocycles. The van der Waals surface area contributed by atoms with E-state index in [1.165, 1.54) is 5.56 Å². The van der Waals surface area contributed by atoms with Crippen LogP contribution in [0.3, 0.4) is 0 Å². The van der Waals surface area contributed by atoms with Gasteiger partial charge in [0.05, 0.1) is 5.02 Å². The van der Waals surface area contributed by atoms with Crippen LogP contribution in [0, 0.1) is 6.92 Å². The minimum absolute atomic E-state index is 0.129. The lowest BCUT2D eigenvalue weighted by atomic mass is 10.1. The monoisotopic (exact) mass is 337 g/mol. The zero-order valence-corrected chi connectivity index (χ0v) is 12.8. The van der Waals surface area contributed by atoms with Gasteiger partial charge in [-0.2, -0.15) is 0 Å². The van der Waals surface area contributed by atoms with Crippen LogP contribution in [0.25, 0.3) is 0 Å². The normalized spacial score (nSPS) is 10.3. The van der Waals surface area contributed by atoms with Gasteiger partial charge >= 0.3 is 0 Å². The molecule has 19 heavy (non-hydrogen) atoms. The fourth-order valence-electron chi connectivity index (χ4n) is 1.74. The lowest BCUT2D eigenvalue weighted by molar-refractivity contribution is 0.0951. The van der Waals surface area contributed by atoms with E-state index in [-0.39, 0.29) is 5.91 Å². The summed E-state index contributed by atoms with van der Waals surface area (Å²) in [6.45, 7) is 2.54. The molecule has 0 radical (unpaired) electrons. The Hall–Kier alpha value is -1.32. The Morgan fingerprint density at radius 3 is 2.74 bits per heavy atom. The molecule has 2 aromatic rings. The van der Waals surface area contributed by atoms with Crippen LogP contribution >= 0.6 is 27.5 Å². The Balaban J connectivity index is 2.03. The molecule has 0 unspecified atom stereocenters. The first-order chi connectivity index (χ1) is 9.06. The molecule has 4 heteroatoms. The molecule has 98 valence electrons. The molecule has 0 saturated heterocycles. The summed E-state index contributed by atoms with van der Waals surface area (Å²) in [4.78, 5) is 12.0. The maximum absolute atomic E-state index is 12.0. The second-order valence-electron chi connectivity index (χ2n) is 4.30. The number of benzene rings is 2. The van der Waals surface area contributed by atoms with Crippen molar-refractivity contribution in [1.82, 2.24) is 5.32 Å². The van der Waals surface area contributed by atoms with Crippen LogP contribution in [-0.4, -0.2) is 5.91 Å². The van der Waals surface area contributed by atoms with Gasteiger partial charge < -0.3 is 5.32 Å². The van der Waals surface area contributed by atoms with E-state index in [9.17, 15) is 4.79 Å². The third-order valence-corrected chi connectivity index (χ3v) is 3.95. The first kappa shape index (κ1) is 14.1. The third kappa shape index (κ3) is 3.82. The average molecular weight is 339 g/mol.